The summed E-state index contributed by atoms with van der Waals surface area (Å²) in [5.74, 6) is 0.151. The molecule has 7 heteroatoms. The van der Waals surface area contributed by atoms with Crippen molar-refractivity contribution >= 4 is 47.4 Å². The molecule has 0 aliphatic heterocycles. The number of aromatic hydroxyl groups is 1. The molecule has 4 nitrogen and oxygen atoms in total. The van der Waals surface area contributed by atoms with Gasteiger partial charge in [0.1, 0.15) is 5.75 Å². The molecule has 2 rings (SSSR count). The van der Waals surface area contributed by atoms with E-state index in [2.05, 4.69) is 37.2 Å². The molecule has 112 valence electrons. The Morgan fingerprint density at radius 3 is 2.33 bits per heavy atom. The molecule has 0 fully saturated rings. The maximum Gasteiger partial charge on any atom is 0.175 e. The fourth-order valence-corrected chi connectivity index (χ4v) is 3.71. The molecule has 0 amide bonds. The van der Waals surface area contributed by atoms with Gasteiger partial charge >= 0.3 is 0 Å². The Kier molecular flexibility index (Phi) is 4.95. The van der Waals surface area contributed by atoms with Gasteiger partial charge in [-0.25, -0.2) is 8.42 Å². The Morgan fingerprint density at radius 1 is 1.14 bits per heavy atom. The number of anilines is 1. The van der Waals surface area contributed by atoms with Gasteiger partial charge in [0.15, 0.2) is 9.84 Å². The third-order valence-electron chi connectivity index (χ3n) is 2.84. The van der Waals surface area contributed by atoms with Crippen LogP contribution in [0.4, 0.5) is 5.69 Å². The summed E-state index contributed by atoms with van der Waals surface area (Å²) in [5.41, 5.74) is 1.66. The van der Waals surface area contributed by atoms with Crippen molar-refractivity contribution in [1.29, 1.82) is 0 Å². The van der Waals surface area contributed by atoms with Gasteiger partial charge in [-0.3, -0.25) is 0 Å². The van der Waals surface area contributed by atoms with E-state index in [-0.39, 0.29) is 10.6 Å². The van der Waals surface area contributed by atoms with Crippen molar-refractivity contribution in [3.63, 3.8) is 0 Å². The Bertz CT molecular complexity index is 753. The Labute approximate surface area is 140 Å². The fraction of sp³-hybridized carbons (Fsp3) is 0.143. The summed E-state index contributed by atoms with van der Waals surface area (Å²) in [4.78, 5) is 0.278. The number of benzene rings is 2. The zero-order valence-electron chi connectivity index (χ0n) is 11.1. The van der Waals surface area contributed by atoms with E-state index >= 15 is 0 Å². The van der Waals surface area contributed by atoms with Gasteiger partial charge in [0, 0.05) is 18.5 Å². The summed E-state index contributed by atoms with van der Waals surface area (Å²) in [6, 6.07) is 10.3. The molecule has 0 spiro atoms. The molecule has 21 heavy (non-hydrogen) atoms. The van der Waals surface area contributed by atoms with Crippen LogP contribution in [0.5, 0.6) is 5.75 Å². The predicted octanol–water partition coefficient (Wildman–Crippen LogP) is 3.93. The maximum absolute atomic E-state index is 11.5. The van der Waals surface area contributed by atoms with Gasteiger partial charge < -0.3 is 10.4 Å². The lowest BCUT2D eigenvalue weighted by Gasteiger charge is -2.10. The molecule has 0 aliphatic carbocycles. The highest BCUT2D eigenvalue weighted by molar-refractivity contribution is 9.11. The standard InChI is InChI=1S/C14H13Br2NO3S/c1-21(19,20)11-4-2-3-10(7-11)17-8-9-5-12(15)14(18)13(16)6-9/h2-7,17-18H,8H2,1H3. The molecule has 0 saturated heterocycles. The topological polar surface area (TPSA) is 66.4 Å². The van der Waals surface area contributed by atoms with Crippen LogP contribution in [0.3, 0.4) is 0 Å². The number of rotatable bonds is 4. The molecule has 2 aromatic rings. The average Bonchev–Trinajstić information content (AvgIpc) is 2.42. The third kappa shape index (κ3) is 4.21. The average molecular weight is 435 g/mol. The highest BCUT2D eigenvalue weighted by Crippen LogP contribution is 2.33. The minimum Gasteiger partial charge on any atom is -0.506 e. The van der Waals surface area contributed by atoms with Crippen molar-refractivity contribution in [2.24, 2.45) is 0 Å². The number of halogens is 2. The van der Waals surface area contributed by atoms with Crippen LogP contribution in [-0.4, -0.2) is 19.8 Å². The molecule has 0 unspecified atom stereocenters. The molecule has 0 saturated carbocycles. The molecular weight excluding hydrogens is 422 g/mol. The first kappa shape index (κ1) is 16.3. The highest BCUT2D eigenvalue weighted by atomic mass is 79.9. The number of nitrogens with one attached hydrogen (secondary N) is 1. The number of hydrogen-bond acceptors (Lipinski definition) is 4. The monoisotopic (exact) mass is 433 g/mol. The summed E-state index contributed by atoms with van der Waals surface area (Å²) in [6.07, 6.45) is 1.18. The van der Waals surface area contributed by atoms with E-state index in [1.165, 1.54) is 6.26 Å². The van der Waals surface area contributed by atoms with Gasteiger partial charge in [-0.1, -0.05) is 6.07 Å². The minimum atomic E-state index is -3.22. The van der Waals surface area contributed by atoms with E-state index in [9.17, 15) is 13.5 Å². The van der Waals surface area contributed by atoms with Gasteiger partial charge in [-0.05, 0) is 67.8 Å². The molecular formula is C14H13Br2NO3S. The second-order valence-electron chi connectivity index (χ2n) is 4.56. The van der Waals surface area contributed by atoms with Crippen LogP contribution in [0.1, 0.15) is 5.56 Å². The largest absolute Gasteiger partial charge is 0.506 e. The number of phenols is 1. The SMILES string of the molecule is CS(=O)(=O)c1cccc(NCc2cc(Br)c(O)c(Br)c2)c1. The quantitative estimate of drug-likeness (QED) is 0.764. The Balaban J connectivity index is 2.17. The van der Waals surface area contributed by atoms with E-state index < -0.39 is 9.84 Å². The van der Waals surface area contributed by atoms with E-state index in [0.717, 1.165) is 11.3 Å². The second-order valence-corrected chi connectivity index (χ2v) is 8.29. The van der Waals surface area contributed by atoms with Crippen LogP contribution in [-0.2, 0) is 16.4 Å². The Morgan fingerprint density at radius 2 is 1.76 bits per heavy atom. The van der Waals surface area contributed by atoms with Crippen LogP contribution in [0, 0.1) is 0 Å². The van der Waals surface area contributed by atoms with Gasteiger partial charge in [0.25, 0.3) is 0 Å². The van der Waals surface area contributed by atoms with Gasteiger partial charge in [0.05, 0.1) is 13.8 Å². The Hall–Kier alpha value is -1.05. The molecule has 2 aromatic carbocycles. The van der Waals surface area contributed by atoms with Gasteiger partial charge in [0.2, 0.25) is 0 Å². The lowest BCUT2D eigenvalue weighted by Crippen LogP contribution is -2.02. The number of phenolic OH excluding ortho intramolecular Hbond substituents is 1. The summed E-state index contributed by atoms with van der Waals surface area (Å²) >= 11 is 6.55. The van der Waals surface area contributed by atoms with E-state index in [1.807, 2.05) is 0 Å². The van der Waals surface area contributed by atoms with Crippen molar-refractivity contribution in [1.82, 2.24) is 0 Å². The number of sulfone groups is 1. The first-order valence-electron chi connectivity index (χ1n) is 5.98. The molecule has 0 aliphatic rings. The predicted molar refractivity (Wildman–Crippen MR) is 90.4 cm³/mol. The van der Waals surface area contributed by atoms with Crippen LogP contribution >= 0.6 is 31.9 Å². The van der Waals surface area contributed by atoms with Crippen molar-refractivity contribution in [2.45, 2.75) is 11.4 Å². The lowest BCUT2D eigenvalue weighted by atomic mass is 10.2. The maximum atomic E-state index is 11.5. The van der Waals surface area contributed by atoms with Crippen LogP contribution in [0.25, 0.3) is 0 Å². The smallest absolute Gasteiger partial charge is 0.175 e. The number of hydrogen-bond donors (Lipinski definition) is 2. The molecule has 0 aromatic heterocycles. The summed E-state index contributed by atoms with van der Waals surface area (Å²) in [5, 5.41) is 12.8. The lowest BCUT2D eigenvalue weighted by molar-refractivity contribution is 0.468. The third-order valence-corrected chi connectivity index (χ3v) is 5.15. The van der Waals surface area contributed by atoms with Crippen molar-refractivity contribution in [2.75, 3.05) is 11.6 Å². The van der Waals surface area contributed by atoms with Crippen molar-refractivity contribution < 1.29 is 13.5 Å². The summed E-state index contributed by atoms with van der Waals surface area (Å²) in [7, 11) is -3.22. The summed E-state index contributed by atoms with van der Waals surface area (Å²) in [6.45, 7) is 0.505. The molecule has 0 atom stereocenters. The second kappa shape index (κ2) is 6.37. The van der Waals surface area contributed by atoms with Gasteiger partial charge in [-0.15, -0.1) is 0 Å². The van der Waals surface area contributed by atoms with Crippen LogP contribution < -0.4 is 5.32 Å². The first-order chi connectivity index (χ1) is 9.77. The minimum absolute atomic E-state index is 0.151. The molecule has 0 radical (unpaired) electrons. The molecule has 0 bridgehead atoms. The van der Waals surface area contributed by atoms with Crippen molar-refractivity contribution in [3.8, 4) is 5.75 Å². The van der Waals surface area contributed by atoms with E-state index in [1.54, 1.807) is 36.4 Å². The van der Waals surface area contributed by atoms with Crippen molar-refractivity contribution in [3.05, 3.63) is 50.9 Å². The molecule has 2 N–H and O–H groups in total. The zero-order chi connectivity index (χ0) is 15.6. The fourth-order valence-electron chi connectivity index (χ4n) is 1.76. The highest BCUT2D eigenvalue weighted by Gasteiger charge is 2.08. The molecule has 0 heterocycles. The summed E-state index contributed by atoms with van der Waals surface area (Å²) < 4.78 is 24.2. The van der Waals surface area contributed by atoms with Crippen LogP contribution in [0.2, 0.25) is 0 Å². The first-order valence-corrected chi connectivity index (χ1v) is 9.46. The normalized spacial score (nSPS) is 11.4. The van der Waals surface area contributed by atoms with Gasteiger partial charge in [-0.2, -0.15) is 0 Å². The van der Waals surface area contributed by atoms with E-state index in [4.69, 9.17) is 0 Å². The zero-order valence-corrected chi connectivity index (χ0v) is 15.1. The van der Waals surface area contributed by atoms with E-state index in [0.29, 0.717) is 15.5 Å². The van der Waals surface area contributed by atoms with Crippen LogP contribution in [0.15, 0.2) is 50.2 Å².